The van der Waals surface area contributed by atoms with Gasteiger partial charge in [-0.15, -0.1) is 0 Å². The number of para-hydroxylation sites is 1. The first-order valence-electron chi connectivity index (χ1n) is 11.4. The summed E-state index contributed by atoms with van der Waals surface area (Å²) in [7, 11) is 1.68. The zero-order chi connectivity index (χ0) is 21.6. The molecule has 1 fully saturated rings. The first kappa shape index (κ1) is 21.4. The molecular formula is C26H33N3O2. The lowest BCUT2D eigenvalue weighted by Gasteiger charge is -2.26. The minimum absolute atomic E-state index is 0.0966. The van der Waals surface area contributed by atoms with E-state index >= 15 is 0 Å². The summed E-state index contributed by atoms with van der Waals surface area (Å²) in [5, 5.41) is 7.94. The molecule has 2 atom stereocenters. The van der Waals surface area contributed by atoms with Crippen molar-refractivity contribution in [1.29, 1.82) is 0 Å². The Bertz CT molecular complexity index is 989. The van der Waals surface area contributed by atoms with E-state index in [1.54, 1.807) is 7.11 Å². The average Bonchev–Trinajstić information content (AvgIpc) is 3.24. The van der Waals surface area contributed by atoms with Crippen LogP contribution in [-0.4, -0.2) is 36.6 Å². The third-order valence-corrected chi connectivity index (χ3v) is 6.49. The van der Waals surface area contributed by atoms with Crippen LogP contribution in [0.2, 0.25) is 0 Å². The Hall–Kier alpha value is -2.79. The number of nitrogens with one attached hydrogen (secondary N) is 3. The Kier molecular flexibility index (Phi) is 6.92. The van der Waals surface area contributed by atoms with Gasteiger partial charge in [-0.1, -0.05) is 49.6 Å². The Morgan fingerprint density at radius 1 is 1.10 bits per heavy atom. The van der Waals surface area contributed by atoms with Gasteiger partial charge in [0.2, 0.25) is 5.91 Å². The first-order chi connectivity index (χ1) is 15.2. The third-order valence-electron chi connectivity index (χ3n) is 6.49. The first-order valence-corrected chi connectivity index (χ1v) is 11.4. The highest BCUT2D eigenvalue weighted by molar-refractivity contribution is 5.84. The Morgan fingerprint density at radius 2 is 1.84 bits per heavy atom. The number of aromatic amines is 1. The number of methoxy groups -OCH3 is 1. The second-order valence-electron chi connectivity index (χ2n) is 8.59. The standard InChI is InChI=1S/C26H33N3O2/c1-18(26(30)29-20-8-4-3-5-9-20)27-16-23(19-12-14-21(31-2)15-13-19)24-17-28-25-11-7-6-10-22(24)25/h6-7,10-15,17-18,20,23,27-28H,3-5,8-9,16H2,1-2H3,(H,29,30)/t18-,23-/m0/s1. The number of H-pyrrole nitrogens is 1. The van der Waals surface area contributed by atoms with E-state index in [1.165, 1.54) is 35.8 Å². The number of carbonyl (C=O) groups excluding carboxylic acids is 1. The Labute approximate surface area is 184 Å². The molecule has 1 heterocycles. The van der Waals surface area contributed by atoms with Gasteiger partial charge in [0.05, 0.1) is 13.2 Å². The van der Waals surface area contributed by atoms with Gasteiger partial charge in [-0.3, -0.25) is 4.79 Å². The predicted molar refractivity (Wildman–Crippen MR) is 126 cm³/mol. The van der Waals surface area contributed by atoms with Crippen molar-refractivity contribution in [1.82, 2.24) is 15.6 Å². The number of fused-ring (bicyclic) bond motifs is 1. The van der Waals surface area contributed by atoms with Gasteiger partial charge in [0.15, 0.2) is 0 Å². The average molecular weight is 420 g/mol. The van der Waals surface area contributed by atoms with E-state index in [9.17, 15) is 4.79 Å². The van der Waals surface area contributed by atoms with Gasteiger partial charge in [0.1, 0.15) is 5.75 Å². The molecule has 1 aliphatic carbocycles. The Morgan fingerprint density at radius 3 is 2.58 bits per heavy atom. The van der Waals surface area contributed by atoms with E-state index in [2.05, 4.69) is 52.1 Å². The molecule has 1 aromatic heterocycles. The number of hydrogen-bond acceptors (Lipinski definition) is 3. The summed E-state index contributed by atoms with van der Waals surface area (Å²) in [6.07, 6.45) is 8.01. The largest absolute Gasteiger partial charge is 0.497 e. The van der Waals surface area contributed by atoms with Crippen LogP contribution < -0.4 is 15.4 Å². The number of carbonyl (C=O) groups is 1. The van der Waals surface area contributed by atoms with Crippen LogP contribution in [0.3, 0.4) is 0 Å². The second kappa shape index (κ2) is 10.0. The number of aromatic nitrogens is 1. The van der Waals surface area contributed by atoms with Gasteiger partial charge in [0, 0.05) is 35.6 Å². The molecule has 0 saturated heterocycles. The van der Waals surface area contributed by atoms with Gasteiger partial charge >= 0.3 is 0 Å². The topological polar surface area (TPSA) is 66.2 Å². The van der Waals surface area contributed by atoms with E-state index in [4.69, 9.17) is 4.74 Å². The molecule has 1 aliphatic rings. The van der Waals surface area contributed by atoms with Crippen LogP contribution in [0, 0.1) is 0 Å². The van der Waals surface area contributed by atoms with E-state index in [-0.39, 0.29) is 17.9 Å². The van der Waals surface area contributed by atoms with Gasteiger partial charge in [-0.25, -0.2) is 0 Å². The number of benzene rings is 2. The molecular weight excluding hydrogens is 386 g/mol. The van der Waals surface area contributed by atoms with Crippen LogP contribution >= 0.6 is 0 Å². The lowest BCUT2D eigenvalue weighted by molar-refractivity contribution is -0.123. The highest BCUT2D eigenvalue weighted by Gasteiger charge is 2.23. The fraction of sp³-hybridized carbons (Fsp3) is 0.423. The number of rotatable bonds is 8. The number of amides is 1. The molecule has 31 heavy (non-hydrogen) atoms. The second-order valence-corrected chi connectivity index (χ2v) is 8.59. The molecule has 5 nitrogen and oxygen atoms in total. The number of ether oxygens (including phenoxy) is 1. The molecule has 3 aromatic rings. The van der Waals surface area contributed by atoms with E-state index in [0.29, 0.717) is 12.6 Å². The van der Waals surface area contributed by atoms with Crippen molar-refractivity contribution in [3.8, 4) is 5.75 Å². The monoisotopic (exact) mass is 419 g/mol. The van der Waals surface area contributed by atoms with Gasteiger partial charge in [-0.05, 0) is 49.1 Å². The molecule has 0 radical (unpaired) electrons. The van der Waals surface area contributed by atoms with Gasteiger partial charge < -0.3 is 20.4 Å². The molecule has 164 valence electrons. The summed E-state index contributed by atoms with van der Waals surface area (Å²) in [5.41, 5.74) is 3.55. The maximum atomic E-state index is 12.7. The number of hydrogen-bond donors (Lipinski definition) is 3. The molecule has 0 unspecified atom stereocenters. The van der Waals surface area contributed by atoms with Crippen molar-refractivity contribution < 1.29 is 9.53 Å². The van der Waals surface area contributed by atoms with Crippen LogP contribution in [0.4, 0.5) is 0 Å². The summed E-state index contributed by atoms with van der Waals surface area (Å²) >= 11 is 0. The minimum atomic E-state index is -0.243. The summed E-state index contributed by atoms with van der Waals surface area (Å²) < 4.78 is 5.34. The molecule has 0 bridgehead atoms. The van der Waals surface area contributed by atoms with E-state index in [0.717, 1.165) is 24.1 Å². The van der Waals surface area contributed by atoms with Crippen molar-refractivity contribution in [3.63, 3.8) is 0 Å². The van der Waals surface area contributed by atoms with Crippen LogP contribution in [0.15, 0.2) is 54.7 Å². The van der Waals surface area contributed by atoms with Crippen LogP contribution in [0.1, 0.15) is 56.1 Å². The maximum absolute atomic E-state index is 12.7. The SMILES string of the molecule is COc1ccc([C@H](CN[C@@H](C)C(=O)NC2CCCCC2)c2c[nH]c3ccccc23)cc1. The zero-order valence-corrected chi connectivity index (χ0v) is 18.5. The normalized spacial score (nSPS) is 16.7. The van der Waals surface area contributed by atoms with Crippen molar-refractivity contribution >= 4 is 16.8 Å². The lowest BCUT2D eigenvalue weighted by atomic mass is 9.90. The lowest BCUT2D eigenvalue weighted by Crippen LogP contribution is -2.47. The fourth-order valence-electron chi connectivity index (χ4n) is 4.59. The molecule has 1 amide bonds. The third kappa shape index (κ3) is 5.10. The highest BCUT2D eigenvalue weighted by Crippen LogP contribution is 2.31. The molecule has 3 N–H and O–H groups in total. The van der Waals surface area contributed by atoms with Crippen molar-refractivity contribution in [2.75, 3.05) is 13.7 Å². The molecule has 1 saturated carbocycles. The van der Waals surface area contributed by atoms with Gasteiger partial charge in [-0.2, -0.15) is 0 Å². The van der Waals surface area contributed by atoms with E-state index < -0.39 is 0 Å². The summed E-state index contributed by atoms with van der Waals surface area (Å²) in [6.45, 7) is 2.63. The summed E-state index contributed by atoms with van der Waals surface area (Å²) in [6, 6.07) is 16.7. The van der Waals surface area contributed by atoms with E-state index in [1.807, 2.05) is 25.1 Å². The summed E-state index contributed by atoms with van der Waals surface area (Å²) in [5.74, 6) is 1.06. The molecule has 0 spiro atoms. The van der Waals surface area contributed by atoms with Crippen molar-refractivity contribution in [3.05, 3.63) is 65.9 Å². The minimum Gasteiger partial charge on any atom is -0.497 e. The fourth-order valence-corrected chi connectivity index (χ4v) is 4.59. The molecule has 2 aromatic carbocycles. The quantitative estimate of drug-likeness (QED) is 0.494. The smallest absolute Gasteiger partial charge is 0.237 e. The molecule has 5 heteroatoms. The highest BCUT2D eigenvalue weighted by atomic mass is 16.5. The van der Waals surface area contributed by atoms with Crippen molar-refractivity contribution in [2.24, 2.45) is 0 Å². The molecule has 0 aliphatic heterocycles. The van der Waals surface area contributed by atoms with Crippen LogP contribution in [0.25, 0.3) is 10.9 Å². The maximum Gasteiger partial charge on any atom is 0.237 e. The van der Waals surface area contributed by atoms with Crippen molar-refractivity contribution in [2.45, 2.75) is 57.0 Å². The molecule has 4 rings (SSSR count). The zero-order valence-electron chi connectivity index (χ0n) is 18.5. The predicted octanol–water partition coefficient (Wildman–Crippen LogP) is 4.74. The van der Waals surface area contributed by atoms with Crippen LogP contribution in [-0.2, 0) is 4.79 Å². The Balaban J connectivity index is 1.51. The van der Waals surface area contributed by atoms with Crippen LogP contribution in [0.5, 0.6) is 5.75 Å². The summed E-state index contributed by atoms with van der Waals surface area (Å²) in [4.78, 5) is 16.1. The van der Waals surface area contributed by atoms with Gasteiger partial charge in [0.25, 0.3) is 0 Å².